The molecule has 1 aliphatic rings. The minimum atomic E-state index is -0.759. The van der Waals surface area contributed by atoms with Gasteiger partial charge in [0.15, 0.2) is 0 Å². The molecule has 1 aromatic rings. The van der Waals surface area contributed by atoms with Crippen molar-refractivity contribution in [1.82, 2.24) is 9.55 Å². The highest BCUT2D eigenvalue weighted by atomic mass is 16.6. The van der Waals surface area contributed by atoms with Crippen LogP contribution in [0.1, 0.15) is 25.7 Å². The van der Waals surface area contributed by atoms with Crippen molar-refractivity contribution < 1.29 is 14.8 Å². The third-order valence-electron chi connectivity index (χ3n) is 3.51. The fourth-order valence-electron chi connectivity index (χ4n) is 2.40. The van der Waals surface area contributed by atoms with Gasteiger partial charge in [0.05, 0.1) is 5.92 Å². The van der Waals surface area contributed by atoms with E-state index in [1.165, 1.54) is 6.33 Å². The second-order valence-corrected chi connectivity index (χ2v) is 4.82. The maximum atomic E-state index is 10.9. The van der Waals surface area contributed by atoms with E-state index >= 15 is 0 Å². The zero-order valence-electron chi connectivity index (χ0n) is 10.6. The van der Waals surface area contributed by atoms with Gasteiger partial charge in [0, 0.05) is 13.1 Å². The van der Waals surface area contributed by atoms with E-state index in [4.69, 9.17) is 5.11 Å². The molecule has 1 saturated carbocycles. The number of nitrogens with one attached hydrogen (secondary N) is 1. The molecule has 0 atom stereocenters. The first-order chi connectivity index (χ1) is 8.99. The molecule has 0 saturated heterocycles. The summed E-state index contributed by atoms with van der Waals surface area (Å²) in [7, 11) is 1.69. The molecular weight excluding hydrogens is 252 g/mol. The van der Waals surface area contributed by atoms with Gasteiger partial charge in [0.1, 0.15) is 0 Å². The number of nitrogens with zero attached hydrogens (tertiary/aromatic N) is 3. The van der Waals surface area contributed by atoms with Crippen LogP contribution in [0.25, 0.3) is 0 Å². The quantitative estimate of drug-likeness (QED) is 0.630. The van der Waals surface area contributed by atoms with Crippen molar-refractivity contribution in [1.29, 1.82) is 0 Å². The summed E-state index contributed by atoms with van der Waals surface area (Å²) in [5.74, 6) is -0.865. The molecule has 0 amide bonds. The second kappa shape index (κ2) is 5.25. The summed E-state index contributed by atoms with van der Waals surface area (Å²) < 4.78 is 1.57. The number of hydrogen-bond acceptors (Lipinski definition) is 5. The maximum Gasteiger partial charge on any atom is 0.406 e. The Balaban J connectivity index is 2.01. The average molecular weight is 268 g/mol. The van der Waals surface area contributed by atoms with Gasteiger partial charge < -0.3 is 20.5 Å². The molecule has 0 radical (unpaired) electrons. The van der Waals surface area contributed by atoms with Crippen LogP contribution < -0.4 is 5.32 Å². The van der Waals surface area contributed by atoms with E-state index in [9.17, 15) is 14.9 Å². The molecule has 8 nitrogen and oxygen atoms in total. The fraction of sp³-hybridized carbons (Fsp3) is 0.636. The molecule has 2 N–H and O–H groups in total. The fourth-order valence-corrected chi connectivity index (χ4v) is 2.40. The number of imidazole rings is 1. The van der Waals surface area contributed by atoms with E-state index in [0.29, 0.717) is 31.5 Å². The summed E-state index contributed by atoms with van der Waals surface area (Å²) in [5.41, 5.74) is 0. The van der Waals surface area contributed by atoms with Crippen LogP contribution in [-0.4, -0.2) is 31.6 Å². The number of aliphatic carboxylic acids is 1. The Bertz CT molecular complexity index is 491. The van der Waals surface area contributed by atoms with Crippen LogP contribution in [0.4, 0.5) is 11.6 Å². The van der Waals surface area contributed by atoms with E-state index in [1.807, 2.05) is 0 Å². The van der Waals surface area contributed by atoms with Gasteiger partial charge >= 0.3 is 11.8 Å². The lowest BCUT2D eigenvalue weighted by molar-refractivity contribution is -0.388. The second-order valence-electron chi connectivity index (χ2n) is 4.82. The van der Waals surface area contributed by atoms with Crippen LogP contribution in [0.2, 0.25) is 0 Å². The van der Waals surface area contributed by atoms with E-state index in [0.717, 1.165) is 0 Å². The maximum absolute atomic E-state index is 10.9. The third kappa shape index (κ3) is 2.83. The van der Waals surface area contributed by atoms with Crippen LogP contribution in [0.3, 0.4) is 0 Å². The minimum Gasteiger partial charge on any atom is -0.481 e. The summed E-state index contributed by atoms with van der Waals surface area (Å²) in [6.07, 6.45) is 3.97. The molecule has 19 heavy (non-hydrogen) atoms. The molecule has 1 fully saturated rings. The third-order valence-corrected chi connectivity index (χ3v) is 3.51. The lowest BCUT2D eigenvalue weighted by atomic mass is 9.86. The van der Waals surface area contributed by atoms with Gasteiger partial charge in [-0.25, -0.2) is 0 Å². The summed E-state index contributed by atoms with van der Waals surface area (Å²) in [5, 5.41) is 22.9. The van der Waals surface area contributed by atoms with Crippen molar-refractivity contribution in [2.75, 3.05) is 5.32 Å². The van der Waals surface area contributed by atoms with E-state index < -0.39 is 10.9 Å². The highest BCUT2D eigenvalue weighted by Gasteiger charge is 2.28. The minimum absolute atomic E-state index is 0.0599. The first-order valence-corrected chi connectivity index (χ1v) is 6.14. The van der Waals surface area contributed by atoms with Gasteiger partial charge in [0.25, 0.3) is 0 Å². The van der Waals surface area contributed by atoms with Crippen LogP contribution in [0.5, 0.6) is 0 Å². The number of aromatic nitrogens is 2. The molecule has 0 aromatic carbocycles. The van der Waals surface area contributed by atoms with E-state index in [1.54, 1.807) is 11.6 Å². The van der Waals surface area contributed by atoms with Crippen LogP contribution in [-0.2, 0) is 11.8 Å². The highest BCUT2D eigenvalue weighted by molar-refractivity contribution is 5.70. The number of carboxylic acid groups (broad SMARTS) is 1. The van der Waals surface area contributed by atoms with E-state index in [-0.39, 0.29) is 17.8 Å². The number of anilines is 1. The first kappa shape index (κ1) is 13.3. The van der Waals surface area contributed by atoms with Crippen molar-refractivity contribution in [3.63, 3.8) is 0 Å². The Morgan fingerprint density at radius 2 is 2.16 bits per heavy atom. The normalized spacial score (nSPS) is 23.0. The van der Waals surface area contributed by atoms with Gasteiger partial charge in [0.2, 0.25) is 12.1 Å². The highest BCUT2D eigenvalue weighted by Crippen LogP contribution is 2.29. The van der Waals surface area contributed by atoms with Gasteiger partial charge in [-0.05, 0) is 35.6 Å². The Labute approximate surface area is 109 Å². The van der Waals surface area contributed by atoms with Gasteiger partial charge in [-0.3, -0.25) is 9.36 Å². The number of hydrogen-bond donors (Lipinski definition) is 2. The topological polar surface area (TPSA) is 110 Å². The monoisotopic (exact) mass is 268 g/mol. The standard InChI is InChI=1S/C11H16N4O4/c1-14-6-12-9(15(18)19)10(14)13-8-4-2-7(3-5-8)11(16)17/h6-8,13H,2-5H2,1H3,(H,16,17). The van der Waals surface area contributed by atoms with Crippen molar-refractivity contribution in [2.45, 2.75) is 31.7 Å². The smallest absolute Gasteiger partial charge is 0.406 e. The molecule has 1 aromatic heterocycles. The first-order valence-electron chi connectivity index (χ1n) is 6.14. The Kier molecular flexibility index (Phi) is 3.68. The largest absolute Gasteiger partial charge is 0.481 e. The van der Waals surface area contributed by atoms with Crippen molar-refractivity contribution in [3.8, 4) is 0 Å². The number of aryl methyl sites for hydroxylation is 1. The van der Waals surface area contributed by atoms with Crippen LogP contribution >= 0.6 is 0 Å². The molecule has 8 heteroatoms. The molecule has 0 unspecified atom stereocenters. The molecular formula is C11H16N4O4. The average Bonchev–Trinajstić information content (AvgIpc) is 2.72. The summed E-state index contributed by atoms with van der Waals surface area (Å²) in [6, 6.07) is 0.0599. The van der Waals surface area contributed by atoms with Gasteiger partial charge in [-0.2, -0.15) is 0 Å². The van der Waals surface area contributed by atoms with Gasteiger partial charge in [-0.15, -0.1) is 0 Å². The molecule has 1 aliphatic carbocycles. The number of nitro groups is 1. The summed E-state index contributed by atoms with van der Waals surface area (Å²) >= 11 is 0. The summed E-state index contributed by atoms with van der Waals surface area (Å²) in [4.78, 5) is 24.9. The lowest BCUT2D eigenvalue weighted by Gasteiger charge is -2.27. The van der Waals surface area contributed by atoms with Crippen LogP contribution in [0.15, 0.2) is 6.33 Å². The number of carboxylic acids is 1. The Morgan fingerprint density at radius 1 is 1.53 bits per heavy atom. The molecule has 1 heterocycles. The zero-order chi connectivity index (χ0) is 14.0. The van der Waals surface area contributed by atoms with Crippen molar-refractivity contribution >= 4 is 17.6 Å². The molecule has 104 valence electrons. The Morgan fingerprint density at radius 3 is 2.68 bits per heavy atom. The Hall–Kier alpha value is -2.12. The van der Waals surface area contributed by atoms with E-state index in [2.05, 4.69) is 10.3 Å². The summed E-state index contributed by atoms with van der Waals surface area (Å²) in [6.45, 7) is 0. The SMILES string of the molecule is Cn1cnc([N+](=O)[O-])c1NC1CCC(C(=O)O)CC1. The number of carbonyl (C=O) groups is 1. The van der Waals surface area contributed by atoms with Crippen molar-refractivity contribution in [3.05, 3.63) is 16.4 Å². The lowest BCUT2D eigenvalue weighted by Crippen LogP contribution is -2.30. The predicted molar refractivity (Wildman–Crippen MR) is 66.9 cm³/mol. The van der Waals surface area contributed by atoms with Crippen molar-refractivity contribution in [2.24, 2.45) is 13.0 Å². The molecule has 2 rings (SSSR count). The molecule has 0 spiro atoms. The number of rotatable bonds is 4. The molecule has 0 bridgehead atoms. The van der Waals surface area contributed by atoms with Crippen LogP contribution in [0, 0.1) is 16.0 Å². The zero-order valence-corrected chi connectivity index (χ0v) is 10.6. The molecule has 0 aliphatic heterocycles. The van der Waals surface area contributed by atoms with Gasteiger partial charge in [-0.1, -0.05) is 0 Å². The predicted octanol–water partition coefficient (Wildman–Crippen LogP) is 1.38.